The lowest BCUT2D eigenvalue weighted by atomic mass is 9.70. The molecule has 3 saturated heterocycles. The number of aliphatic hydroxyl groups excluding tert-OH is 1. The fraction of sp³-hybridized carbons (Fsp3) is 0.487. The van der Waals surface area contributed by atoms with Crippen molar-refractivity contribution in [1.29, 1.82) is 0 Å². The Balaban J connectivity index is 1.53. The first-order valence-electron chi connectivity index (χ1n) is 17.5. The molecule has 5 rings (SSSR count). The Kier molecular flexibility index (Phi) is 12.5. The number of fused-ring (bicyclic) bond motifs is 1. The van der Waals surface area contributed by atoms with Crippen LogP contribution in [0.25, 0.3) is 0 Å². The van der Waals surface area contributed by atoms with E-state index >= 15 is 0 Å². The van der Waals surface area contributed by atoms with Gasteiger partial charge in [0, 0.05) is 38.0 Å². The summed E-state index contributed by atoms with van der Waals surface area (Å²) in [5, 5.41) is 9.95. The van der Waals surface area contributed by atoms with Gasteiger partial charge >= 0.3 is 5.97 Å². The van der Waals surface area contributed by atoms with Crippen LogP contribution in [0.1, 0.15) is 56.3 Å². The molecule has 2 aromatic rings. The number of allylic oxidation sites excluding steroid dienone is 1. The molecular formula is C39H47BrClN3O7. The summed E-state index contributed by atoms with van der Waals surface area (Å²) in [5.74, 6) is -3.54. The molecule has 1 unspecified atom stereocenters. The van der Waals surface area contributed by atoms with Gasteiger partial charge in [0.25, 0.3) is 5.91 Å². The molecule has 3 aliphatic heterocycles. The van der Waals surface area contributed by atoms with Gasteiger partial charge in [-0.3, -0.25) is 19.2 Å². The number of aliphatic hydroxyl groups is 1. The Morgan fingerprint density at radius 3 is 2.53 bits per heavy atom. The van der Waals surface area contributed by atoms with Crippen LogP contribution in [0.4, 0.5) is 5.69 Å². The third-order valence-electron chi connectivity index (χ3n) is 10.5. The van der Waals surface area contributed by atoms with Crippen molar-refractivity contribution in [2.24, 2.45) is 11.8 Å². The Morgan fingerprint density at radius 2 is 1.88 bits per heavy atom. The van der Waals surface area contributed by atoms with E-state index in [9.17, 15) is 24.3 Å². The van der Waals surface area contributed by atoms with E-state index in [2.05, 4.69) is 29.1 Å². The van der Waals surface area contributed by atoms with Crippen molar-refractivity contribution in [3.8, 4) is 0 Å². The number of carbonyl (C=O) groups excluding carboxylic acids is 4. The van der Waals surface area contributed by atoms with Gasteiger partial charge in [0.15, 0.2) is 0 Å². The normalized spacial score (nSPS) is 26.0. The zero-order valence-electron chi connectivity index (χ0n) is 29.4. The lowest BCUT2D eigenvalue weighted by Crippen LogP contribution is -2.57. The number of halogens is 2. The number of ether oxygens (including phenoxy) is 2. The van der Waals surface area contributed by atoms with Crippen LogP contribution in [0, 0.1) is 18.8 Å². The summed E-state index contributed by atoms with van der Waals surface area (Å²) in [7, 11) is 1.68. The third kappa shape index (κ3) is 7.27. The Hall–Kier alpha value is -3.51. The topological polar surface area (TPSA) is 117 Å². The highest BCUT2D eigenvalue weighted by Gasteiger charge is 2.77. The smallest absolute Gasteiger partial charge is 0.313 e. The molecule has 8 atom stereocenters. The lowest BCUT2D eigenvalue weighted by molar-refractivity contribution is -0.164. The first-order chi connectivity index (χ1) is 24.4. The van der Waals surface area contributed by atoms with Crippen LogP contribution >= 0.6 is 27.5 Å². The molecule has 0 saturated carbocycles. The summed E-state index contributed by atoms with van der Waals surface area (Å²) < 4.78 is 13.1. The second kappa shape index (κ2) is 16.4. The van der Waals surface area contributed by atoms with Crippen LogP contribution in [0.15, 0.2) is 73.8 Å². The van der Waals surface area contributed by atoms with Crippen molar-refractivity contribution in [2.45, 2.75) is 80.7 Å². The van der Waals surface area contributed by atoms with Crippen molar-refractivity contribution in [3.63, 3.8) is 0 Å². The highest BCUT2D eigenvalue weighted by molar-refractivity contribution is 9.09. The van der Waals surface area contributed by atoms with Crippen molar-refractivity contribution in [2.75, 3.05) is 31.6 Å². The number of amides is 3. The van der Waals surface area contributed by atoms with Gasteiger partial charge in [-0.15, -0.1) is 13.2 Å². The van der Waals surface area contributed by atoms with E-state index in [0.29, 0.717) is 42.0 Å². The molecule has 2 bridgehead atoms. The molecule has 0 aliphatic carbocycles. The molecule has 3 heterocycles. The Morgan fingerprint density at radius 1 is 1.16 bits per heavy atom. The number of carbonyl (C=O) groups is 4. The summed E-state index contributed by atoms with van der Waals surface area (Å²) in [5.41, 5.74) is 0.642. The van der Waals surface area contributed by atoms with E-state index in [1.165, 1.54) is 9.80 Å². The van der Waals surface area contributed by atoms with E-state index in [-0.39, 0.29) is 42.8 Å². The molecule has 1 spiro atoms. The Bertz CT molecular complexity index is 1620. The van der Waals surface area contributed by atoms with Crippen molar-refractivity contribution in [1.82, 2.24) is 9.80 Å². The predicted octanol–water partition coefficient (Wildman–Crippen LogP) is 5.79. The highest BCUT2D eigenvalue weighted by atomic mass is 79.9. The molecule has 3 aliphatic rings. The molecule has 12 heteroatoms. The fourth-order valence-corrected chi connectivity index (χ4v) is 9.24. The number of alkyl halides is 1. The molecule has 0 aromatic heterocycles. The Labute approximate surface area is 313 Å². The zero-order valence-corrected chi connectivity index (χ0v) is 31.7. The molecule has 3 amide bonds. The third-order valence-corrected chi connectivity index (χ3v) is 11.7. The van der Waals surface area contributed by atoms with Gasteiger partial charge < -0.3 is 29.3 Å². The number of likely N-dealkylation sites (N-methyl/N-ethyl adjacent to an activating group) is 1. The van der Waals surface area contributed by atoms with Gasteiger partial charge in [-0.2, -0.15) is 0 Å². The van der Waals surface area contributed by atoms with Gasteiger partial charge in [-0.25, -0.2) is 0 Å². The number of esters is 1. The van der Waals surface area contributed by atoms with E-state index in [1.54, 1.807) is 36.2 Å². The molecule has 0 radical (unpaired) electrons. The number of hydrogen-bond donors (Lipinski definition) is 1. The van der Waals surface area contributed by atoms with Crippen LogP contribution in [0.2, 0.25) is 5.02 Å². The minimum absolute atomic E-state index is 0.0722. The van der Waals surface area contributed by atoms with Gasteiger partial charge in [-0.1, -0.05) is 82.1 Å². The van der Waals surface area contributed by atoms with E-state index < -0.39 is 53.6 Å². The number of likely N-dealkylation sites (tertiary alicyclic amines) is 1. The maximum absolute atomic E-state index is 14.9. The van der Waals surface area contributed by atoms with E-state index in [1.807, 2.05) is 50.2 Å². The second-order valence-corrected chi connectivity index (χ2v) is 15.2. The number of hydrogen-bond acceptors (Lipinski definition) is 7. The van der Waals surface area contributed by atoms with E-state index in [0.717, 1.165) is 5.56 Å². The molecule has 1 N–H and O–H groups in total. The van der Waals surface area contributed by atoms with Crippen molar-refractivity contribution < 1.29 is 33.8 Å². The largest absolute Gasteiger partial charge is 0.455 e. The van der Waals surface area contributed by atoms with Crippen LogP contribution in [0.5, 0.6) is 0 Å². The van der Waals surface area contributed by atoms with Crippen LogP contribution < -0.4 is 4.90 Å². The van der Waals surface area contributed by atoms with Gasteiger partial charge in [0.1, 0.15) is 17.7 Å². The van der Waals surface area contributed by atoms with Gasteiger partial charge in [0.05, 0.1) is 34.7 Å². The molecule has 274 valence electrons. The van der Waals surface area contributed by atoms with Crippen molar-refractivity contribution >= 4 is 56.9 Å². The second-order valence-electron chi connectivity index (χ2n) is 13.6. The number of nitrogens with zero attached hydrogens (tertiary/aromatic N) is 3. The van der Waals surface area contributed by atoms with Crippen LogP contribution in [0.3, 0.4) is 0 Å². The van der Waals surface area contributed by atoms with Crippen molar-refractivity contribution in [3.05, 3.63) is 90.0 Å². The molecule has 3 fully saturated rings. The standard InChI is InChI=1S/C39H47BrClN3O7/c1-6-8-19-29(46)42(5)25(4)33(26-16-10-9-11-17-26)50-38(49)30-31-36(47)44(21-12-13-22-45)35(39(31)23-27(40)34(30)51-39)37(48)43(20-7-2)32-24(3)15-14-18-28(32)41/h6-7,9-11,14-18,25,27,30-31,33-35,45H,1-2,8,12-13,19-23H2,3-5H3/t25-,27?,30+,31-,33+,34+,35+,39-/m0/s1. The predicted molar refractivity (Wildman–Crippen MR) is 199 cm³/mol. The summed E-state index contributed by atoms with van der Waals surface area (Å²) in [6.07, 6.45) is 3.66. The molecular weight excluding hydrogens is 738 g/mol. The highest BCUT2D eigenvalue weighted by Crippen LogP contribution is 2.60. The summed E-state index contributed by atoms with van der Waals surface area (Å²) >= 11 is 10.4. The van der Waals surface area contributed by atoms with Gasteiger partial charge in [0.2, 0.25) is 11.8 Å². The number of aryl methyl sites for hydroxylation is 1. The van der Waals surface area contributed by atoms with E-state index in [4.69, 9.17) is 21.1 Å². The van der Waals surface area contributed by atoms with Gasteiger partial charge in [-0.05, 0) is 56.7 Å². The number of anilines is 1. The minimum Gasteiger partial charge on any atom is -0.455 e. The SMILES string of the molecule is C=CCCC(=O)N(C)[C@@H](C)[C@@H](OC(=O)[C@H]1[C@@H]2O[C@@]3(CC2Br)[C@@H]1C(=O)N(CCCCO)[C@@H]3C(=O)N(CC=C)c1c(C)cccc1Cl)c1ccccc1. The van der Waals surface area contributed by atoms with Crippen LogP contribution in [-0.4, -0.2) is 94.0 Å². The van der Waals surface area contributed by atoms with Crippen LogP contribution in [-0.2, 0) is 28.7 Å². The maximum Gasteiger partial charge on any atom is 0.313 e. The zero-order chi connectivity index (χ0) is 37.0. The summed E-state index contributed by atoms with van der Waals surface area (Å²) in [6, 6.07) is 13.0. The number of unbranched alkanes of at least 4 members (excludes halogenated alkanes) is 1. The maximum atomic E-state index is 14.9. The monoisotopic (exact) mass is 783 g/mol. The molecule has 10 nitrogen and oxygen atoms in total. The first-order valence-corrected chi connectivity index (χ1v) is 18.7. The average Bonchev–Trinajstić information content (AvgIpc) is 3.71. The number of benzene rings is 2. The minimum atomic E-state index is -1.34. The summed E-state index contributed by atoms with van der Waals surface area (Å²) in [4.78, 5) is 61.4. The number of para-hydroxylation sites is 1. The quantitative estimate of drug-likeness (QED) is 0.0993. The summed E-state index contributed by atoms with van der Waals surface area (Å²) in [6.45, 7) is 11.5. The number of rotatable bonds is 16. The lowest BCUT2D eigenvalue weighted by Gasteiger charge is -2.37. The first kappa shape index (κ1) is 38.7. The molecule has 2 aromatic carbocycles. The fourth-order valence-electron chi connectivity index (χ4n) is 7.97. The molecule has 51 heavy (non-hydrogen) atoms. The average molecular weight is 785 g/mol.